The quantitative estimate of drug-likeness (QED) is 0.874. The van der Waals surface area contributed by atoms with Crippen molar-refractivity contribution in [3.05, 3.63) is 24.3 Å². The summed E-state index contributed by atoms with van der Waals surface area (Å²) in [6.07, 6.45) is 0. The minimum atomic E-state index is 0.295. The first kappa shape index (κ1) is 14.2. The number of nitrogens with one attached hydrogen (secondary N) is 1. The molecule has 1 aliphatic heterocycles. The van der Waals surface area contributed by atoms with E-state index in [0.717, 1.165) is 31.9 Å². The van der Waals surface area contributed by atoms with Gasteiger partial charge in [-0.25, -0.2) is 0 Å². The lowest BCUT2D eigenvalue weighted by atomic mass is 10.2. The average molecular weight is 262 g/mol. The van der Waals surface area contributed by atoms with Crippen LogP contribution in [0.2, 0.25) is 0 Å². The molecule has 4 nitrogen and oxygen atoms in total. The monoisotopic (exact) mass is 262 g/mol. The fraction of sp³-hybridized carbons (Fsp3) is 0.600. The highest BCUT2D eigenvalue weighted by Gasteiger charge is 2.14. The van der Waals surface area contributed by atoms with Crippen LogP contribution in [0.4, 0.5) is 11.4 Å². The van der Waals surface area contributed by atoms with Gasteiger partial charge in [-0.2, -0.15) is 0 Å². The Balaban J connectivity index is 1.98. The number of benzene rings is 1. The predicted molar refractivity (Wildman–Crippen MR) is 79.9 cm³/mol. The second kappa shape index (κ2) is 6.78. The topological polar surface area (TPSA) is 27.7 Å². The highest BCUT2D eigenvalue weighted by molar-refractivity contribution is 5.58. The van der Waals surface area contributed by atoms with Gasteiger partial charge in [-0.1, -0.05) is 6.07 Å². The standard InChI is InChI=1S/C15H24N3O/c1-13(12-19-3)16-14-5-4-6-15(11-14)18-9-7-17(2)8-10-18/h4,6,11,13,16H,7-10,12H2,1-3H3/t13-/m1/s1. The SMILES string of the molecule is COC[C@@H](C)Nc1[c]ccc(N2CCN(C)CC2)c1. The van der Waals surface area contributed by atoms with Gasteiger partial charge in [0.05, 0.1) is 6.61 Å². The third-order valence-electron chi connectivity index (χ3n) is 3.47. The van der Waals surface area contributed by atoms with Gasteiger partial charge < -0.3 is 19.9 Å². The first-order chi connectivity index (χ1) is 9.19. The van der Waals surface area contributed by atoms with Gasteiger partial charge in [0.1, 0.15) is 0 Å². The molecular formula is C15H24N3O. The van der Waals surface area contributed by atoms with E-state index in [-0.39, 0.29) is 0 Å². The molecule has 1 saturated heterocycles. The lowest BCUT2D eigenvalue weighted by Crippen LogP contribution is -2.44. The summed E-state index contributed by atoms with van der Waals surface area (Å²) in [4.78, 5) is 4.80. The maximum Gasteiger partial charge on any atom is 0.0661 e. The number of piperazine rings is 1. The van der Waals surface area contributed by atoms with Crippen molar-refractivity contribution < 1.29 is 4.74 Å². The summed E-state index contributed by atoms with van der Waals surface area (Å²) in [5.41, 5.74) is 2.32. The highest BCUT2D eigenvalue weighted by atomic mass is 16.5. The van der Waals surface area contributed by atoms with Crippen molar-refractivity contribution in [2.24, 2.45) is 0 Å². The molecule has 1 aromatic carbocycles. The van der Waals surface area contributed by atoms with E-state index in [1.165, 1.54) is 5.69 Å². The van der Waals surface area contributed by atoms with Crippen LogP contribution in [0.15, 0.2) is 18.2 Å². The Morgan fingerprint density at radius 2 is 2.11 bits per heavy atom. The van der Waals surface area contributed by atoms with Crippen LogP contribution in [-0.4, -0.2) is 57.9 Å². The summed E-state index contributed by atoms with van der Waals surface area (Å²) >= 11 is 0. The molecule has 1 heterocycles. The van der Waals surface area contributed by atoms with Gasteiger partial charge in [0.2, 0.25) is 0 Å². The third kappa shape index (κ3) is 4.11. The molecule has 0 unspecified atom stereocenters. The summed E-state index contributed by atoms with van der Waals surface area (Å²) in [7, 11) is 3.90. The maximum atomic E-state index is 5.14. The normalized spacial score (nSPS) is 18.4. The van der Waals surface area contributed by atoms with E-state index >= 15 is 0 Å². The first-order valence-corrected chi connectivity index (χ1v) is 6.89. The maximum absolute atomic E-state index is 5.14. The smallest absolute Gasteiger partial charge is 0.0661 e. The largest absolute Gasteiger partial charge is 0.383 e. The Morgan fingerprint density at radius 3 is 2.79 bits per heavy atom. The van der Waals surface area contributed by atoms with E-state index in [1.54, 1.807) is 7.11 Å². The molecule has 0 saturated carbocycles. The van der Waals surface area contributed by atoms with Crippen LogP contribution in [0.25, 0.3) is 0 Å². The summed E-state index contributed by atoms with van der Waals surface area (Å²) in [5.74, 6) is 0. The molecule has 1 atom stereocenters. The van der Waals surface area contributed by atoms with Gasteiger partial charge in [0.15, 0.2) is 0 Å². The zero-order valence-electron chi connectivity index (χ0n) is 12.1. The number of likely N-dealkylation sites (N-methyl/N-ethyl adjacent to an activating group) is 1. The summed E-state index contributed by atoms with van der Waals surface area (Å²) < 4.78 is 5.14. The molecule has 0 spiro atoms. The molecule has 1 fully saturated rings. The summed E-state index contributed by atoms with van der Waals surface area (Å²) in [6.45, 7) is 7.25. The number of hydrogen-bond donors (Lipinski definition) is 1. The molecule has 105 valence electrons. The van der Waals surface area contributed by atoms with Crippen LogP contribution < -0.4 is 10.2 Å². The van der Waals surface area contributed by atoms with Crippen LogP contribution in [0.1, 0.15) is 6.92 Å². The molecule has 1 aliphatic rings. The zero-order valence-corrected chi connectivity index (χ0v) is 12.1. The predicted octanol–water partition coefficient (Wildman–Crippen LogP) is 1.69. The Morgan fingerprint density at radius 1 is 1.37 bits per heavy atom. The Labute approximate surface area is 116 Å². The molecular weight excluding hydrogens is 238 g/mol. The Hall–Kier alpha value is -1.26. The average Bonchev–Trinajstić information content (AvgIpc) is 2.40. The van der Waals surface area contributed by atoms with E-state index < -0.39 is 0 Å². The molecule has 1 aromatic rings. The Bertz CT molecular complexity index is 389. The van der Waals surface area contributed by atoms with E-state index in [1.807, 2.05) is 6.07 Å². The second-order valence-electron chi connectivity index (χ2n) is 5.25. The number of nitrogens with zero attached hydrogens (tertiary/aromatic N) is 2. The van der Waals surface area contributed by atoms with E-state index in [4.69, 9.17) is 4.74 Å². The minimum absolute atomic E-state index is 0.295. The van der Waals surface area contributed by atoms with Crippen LogP contribution >= 0.6 is 0 Å². The lowest BCUT2D eigenvalue weighted by Gasteiger charge is -2.34. The van der Waals surface area contributed by atoms with Crippen LogP contribution in [0, 0.1) is 6.07 Å². The summed E-state index contributed by atoms with van der Waals surface area (Å²) in [6, 6.07) is 9.85. The fourth-order valence-electron chi connectivity index (χ4n) is 2.36. The number of ether oxygens (including phenoxy) is 1. The minimum Gasteiger partial charge on any atom is -0.383 e. The van der Waals surface area contributed by atoms with Crippen molar-refractivity contribution in [1.82, 2.24) is 4.90 Å². The molecule has 0 bridgehead atoms. The van der Waals surface area contributed by atoms with Crippen molar-refractivity contribution in [2.45, 2.75) is 13.0 Å². The molecule has 4 heteroatoms. The highest BCUT2D eigenvalue weighted by Crippen LogP contribution is 2.20. The molecule has 0 aromatic heterocycles. The summed E-state index contributed by atoms with van der Waals surface area (Å²) in [5, 5.41) is 3.41. The van der Waals surface area contributed by atoms with Gasteiger partial charge in [0, 0.05) is 56.8 Å². The number of rotatable bonds is 5. The van der Waals surface area contributed by atoms with Gasteiger partial charge in [-0.05, 0) is 26.1 Å². The van der Waals surface area contributed by atoms with Crippen LogP contribution in [0.5, 0.6) is 0 Å². The van der Waals surface area contributed by atoms with Crippen molar-refractivity contribution in [1.29, 1.82) is 0 Å². The van der Waals surface area contributed by atoms with Crippen molar-refractivity contribution in [3.8, 4) is 0 Å². The van der Waals surface area contributed by atoms with Crippen LogP contribution in [-0.2, 0) is 4.74 Å². The molecule has 0 amide bonds. The molecule has 1 radical (unpaired) electrons. The van der Waals surface area contributed by atoms with Gasteiger partial charge in [-0.3, -0.25) is 0 Å². The third-order valence-corrected chi connectivity index (χ3v) is 3.47. The molecule has 2 rings (SSSR count). The van der Waals surface area contributed by atoms with Gasteiger partial charge >= 0.3 is 0 Å². The lowest BCUT2D eigenvalue weighted by molar-refractivity contribution is 0.190. The van der Waals surface area contributed by atoms with Gasteiger partial charge in [-0.15, -0.1) is 0 Å². The molecule has 1 N–H and O–H groups in total. The number of hydrogen-bond acceptors (Lipinski definition) is 4. The van der Waals surface area contributed by atoms with Crippen molar-refractivity contribution in [2.75, 3.05) is 57.2 Å². The van der Waals surface area contributed by atoms with Crippen molar-refractivity contribution >= 4 is 11.4 Å². The number of anilines is 2. The van der Waals surface area contributed by atoms with E-state index in [9.17, 15) is 0 Å². The first-order valence-electron chi connectivity index (χ1n) is 6.89. The van der Waals surface area contributed by atoms with Crippen molar-refractivity contribution in [3.63, 3.8) is 0 Å². The van der Waals surface area contributed by atoms with Crippen LogP contribution in [0.3, 0.4) is 0 Å². The Kier molecular flexibility index (Phi) is 5.05. The fourth-order valence-corrected chi connectivity index (χ4v) is 2.36. The number of methoxy groups -OCH3 is 1. The molecule has 0 aliphatic carbocycles. The van der Waals surface area contributed by atoms with E-state index in [2.05, 4.69) is 47.3 Å². The second-order valence-corrected chi connectivity index (χ2v) is 5.25. The zero-order chi connectivity index (χ0) is 13.7. The van der Waals surface area contributed by atoms with E-state index in [0.29, 0.717) is 12.6 Å². The molecule has 19 heavy (non-hydrogen) atoms. The van der Waals surface area contributed by atoms with Gasteiger partial charge in [0.25, 0.3) is 0 Å².